The van der Waals surface area contributed by atoms with Crippen molar-refractivity contribution in [3.8, 4) is 10.6 Å². The Labute approximate surface area is 168 Å². The Morgan fingerprint density at radius 3 is 2.61 bits per heavy atom. The highest BCUT2D eigenvalue weighted by Gasteiger charge is 2.29. The van der Waals surface area contributed by atoms with Gasteiger partial charge < -0.3 is 10.6 Å². The van der Waals surface area contributed by atoms with Gasteiger partial charge in [0.1, 0.15) is 15.7 Å². The number of carbonyl (C=O) groups is 2. The average Bonchev–Trinajstić information content (AvgIpc) is 3.04. The summed E-state index contributed by atoms with van der Waals surface area (Å²) in [5, 5.41) is 6.74. The fraction of sp³-hybridized carbons (Fsp3) is 0.476. The van der Waals surface area contributed by atoms with Gasteiger partial charge in [0.05, 0.1) is 5.69 Å². The number of hydrogen-bond donors (Lipinski definition) is 2. The van der Waals surface area contributed by atoms with Crippen molar-refractivity contribution in [2.75, 3.05) is 0 Å². The predicted octanol–water partition coefficient (Wildman–Crippen LogP) is 4.07. The number of halogens is 1. The lowest BCUT2D eigenvalue weighted by atomic mass is 9.85. The molecule has 150 valence electrons. The number of thiazole rings is 1. The van der Waals surface area contributed by atoms with E-state index in [1.54, 1.807) is 19.1 Å². The second-order valence-corrected chi connectivity index (χ2v) is 8.64. The minimum Gasteiger partial charge on any atom is -0.354 e. The van der Waals surface area contributed by atoms with Crippen LogP contribution in [0.4, 0.5) is 4.39 Å². The number of amides is 2. The van der Waals surface area contributed by atoms with Crippen molar-refractivity contribution >= 4 is 23.2 Å². The van der Waals surface area contributed by atoms with Crippen LogP contribution in [-0.4, -0.2) is 28.9 Å². The molecule has 28 heavy (non-hydrogen) atoms. The fourth-order valence-corrected chi connectivity index (χ4v) is 4.51. The number of aromatic nitrogens is 1. The summed E-state index contributed by atoms with van der Waals surface area (Å²) in [7, 11) is 0. The zero-order valence-electron chi connectivity index (χ0n) is 16.4. The van der Waals surface area contributed by atoms with Gasteiger partial charge in [0.25, 0.3) is 5.91 Å². The van der Waals surface area contributed by atoms with Crippen LogP contribution in [0.5, 0.6) is 0 Å². The summed E-state index contributed by atoms with van der Waals surface area (Å²) >= 11 is 1.31. The van der Waals surface area contributed by atoms with Crippen LogP contribution in [0, 0.1) is 18.7 Å². The molecule has 1 aromatic heterocycles. The molecule has 0 bridgehead atoms. The monoisotopic (exact) mass is 403 g/mol. The Morgan fingerprint density at radius 2 is 1.93 bits per heavy atom. The Morgan fingerprint density at radius 1 is 1.21 bits per heavy atom. The number of nitrogens with zero attached hydrogens (tertiary/aromatic N) is 1. The number of hydrogen-bond acceptors (Lipinski definition) is 4. The number of aryl methyl sites for hydroxylation is 1. The molecule has 3 rings (SSSR count). The third-order valence-corrected chi connectivity index (χ3v) is 6.11. The first-order valence-electron chi connectivity index (χ1n) is 9.68. The van der Waals surface area contributed by atoms with E-state index < -0.39 is 0 Å². The summed E-state index contributed by atoms with van der Waals surface area (Å²) in [4.78, 5) is 30.1. The zero-order valence-corrected chi connectivity index (χ0v) is 17.2. The molecule has 2 N–H and O–H groups in total. The molecule has 0 spiro atoms. The highest BCUT2D eigenvalue weighted by Crippen LogP contribution is 2.29. The molecule has 2 atom stereocenters. The van der Waals surface area contributed by atoms with Gasteiger partial charge in [-0.3, -0.25) is 9.59 Å². The average molecular weight is 404 g/mol. The molecule has 1 aliphatic carbocycles. The van der Waals surface area contributed by atoms with Crippen LogP contribution < -0.4 is 10.6 Å². The fourth-order valence-electron chi connectivity index (χ4n) is 3.54. The largest absolute Gasteiger partial charge is 0.354 e. The lowest BCUT2D eigenvalue weighted by molar-refractivity contribution is -0.126. The van der Waals surface area contributed by atoms with Crippen LogP contribution in [0.3, 0.4) is 0 Å². The zero-order chi connectivity index (χ0) is 20.3. The van der Waals surface area contributed by atoms with E-state index in [2.05, 4.69) is 15.6 Å². The highest BCUT2D eigenvalue weighted by atomic mass is 32.1. The first kappa shape index (κ1) is 20.5. The van der Waals surface area contributed by atoms with E-state index >= 15 is 0 Å². The van der Waals surface area contributed by atoms with Crippen molar-refractivity contribution in [1.82, 2.24) is 15.6 Å². The molecule has 1 aromatic carbocycles. The van der Waals surface area contributed by atoms with Crippen LogP contribution in [0.1, 0.15) is 54.9 Å². The smallest absolute Gasteiger partial charge is 0.263 e. The molecule has 1 heterocycles. The Balaban J connectivity index is 1.66. The maximum Gasteiger partial charge on any atom is 0.263 e. The van der Waals surface area contributed by atoms with Gasteiger partial charge in [-0.1, -0.05) is 6.42 Å². The molecule has 2 amide bonds. The second kappa shape index (κ2) is 8.82. The molecule has 0 aliphatic heterocycles. The molecule has 0 saturated heterocycles. The van der Waals surface area contributed by atoms with E-state index in [0.717, 1.165) is 24.8 Å². The molecule has 0 radical (unpaired) electrons. The van der Waals surface area contributed by atoms with E-state index in [0.29, 0.717) is 22.0 Å². The van der Waals surface area contributed by atoms with E-state index in [4.69, 9.17) is 0 Å². The number of nitrogens with one attached hydrogen (secondary N) is 2. The lowest BCUT2D eigenvalue weighted by Crippen LogP contribution is -2.43. The maximum atomic E-state index is 13.1. The molecular formula is C21H26FN3O2S. The molecule has 1 saturated carbocycles. The van der Waals surface area contributed by atoms with E-state index in [1.807, 2.05) is 13.8 Å². The molecule has 2 unspecified atom stereocenters. The standard InChI is InChI=1S/C21H26FN3O2S/c1-12(2)23-19(26)15-5-4-6-17(11-15)25-20(27)18-13(3)24-21(28-18)14-7-9-16(22)10-8-14/h7-10,12,15,17H,4-6,11H2,1-3H3,(H,23,26)(H,25,27). The van der Waals surface area contributed by atoms with E-state index in [9.17, 15) is 14.0 Å². The number of carbonyl (C=O) groups excluding carboxylic acids is 2. The van der Waals surface area contributed by atoms with Crippen LogP contribution in [0.2, 0.25) is 0 Å². The first-order valence-corrected chi connectivity index (χ1v) is 10.5. The molecular weight excluding hydrogens is 377 g/mol. The van der Waals surface area contributed by atoms with Crippen LogP contribution in [0.25, 0.3) is 10.6 Å². The van der Waals surface area contributed by atoms with Gasteiger partial charge in [0.2, 0.25) is 5.91 Å². The summed E-state index contributed by atoms with van der Waals surface area (Å²) in [6.07, 6.45) is 3.32. The minimum atomic E-state index is -0.302. The van der Waals surface area contributed by atoms with Gasteiger partial charge in [0.15, 0.2) is 0 Å². The van der Waals surface area contributed by atoms with Crippen LogP contribution in [0.15, 0.2) is 24.3 Å². The van der Waals surface area contributed by atoms with Crippen molar-refractivity contribution in [2.45, 2.75) is 58.5 Å². The minimum absolute atomic E-state index is 0.0140. The van der Waals surface area contributed by atoms with Gasteiger partial charge in [-0.25, -0.2) is 9.37 Å². The van der Waals surface area contributed by atoms with Gasteiger partial charge in [-0.15, -0.1) is 11.3 Å². The summed E-state index contributed by atoms with van der Waals surface area (Å²) in [5.41, 5.74) is 1.45. The van der Waals surface area contributed by atoms with E-state index in [1.165, 1.54) is 23.5 Å². The van der Waals surface area contributed by atoms with Crippen LogP contribution in [-0.2, 0) is 4.79 Å². The van der Waals surface area contributed by atoms with Crippen molar-refractivity contribution in [1.29, 1.82) is 0 Å². The molecule has 7 heteroatoms. The number of rotatable bonds is 5. The lowest BCUT2D eigenvalue weighted by Gasteiger charge is -2.29. The predicted molar refractivity (Wildman–Crippen MR) is 109 cm³/mol. The Bertz CT molecular complexity index is 848. The first-order chi connectivity index (χ1) is 13.3. The summed E-state index contributed by atoms with van der Waals surface area (Å²) in [6.45, 7) is 5.70. The molecule has 5 nitrogen and oxygen atoms in total. The third-order valence-electron chi connectivity index (χ3n) is 4.91. The Kier molecular flexibility index (Phi) is 6.44. The van der Waals surface area contributed by atoms with Gasteiger partial charge in [-0.2, -0.15) is 0 Å². The highest BCUT2D eigenvalue weighted by molar-refractivity contribution is 7.17. The number of benzene rings is 1. The van der Waals surface area contributed by atoms with Gasteiger partial charge in [-0.05, 0) is 64.3 Å². The maximum absolute atomic E-state index is 13.1. The van der Waals surface area contributed by atoms with E-state index in [-0.39, 0.29) is 35.6 Å². The van der Waals surface area contributed by atoms with Crippen molar-refractivity contribution in [3.05, 3.63) is 40.7 Å². The van der Waals surface area contributed by atoms with Crippen LogP contribution >= 0.6 is 11.3 Å². The normalized spacial score (nSPS) is 19.5. The summed E-state index contributed by atoms with van der Waals surface area (Å²) < 4.78 is 13.1. The second-order valence-electron chi connectivity index (χ2n) is 7.64. The topological polar surface area (TPSA) is 71.1 Å². The van der Waals surface area contributed by atoms with Gasteiger partial charge in [0, 0.05) is 23.6 Å². The molecule has 1 aliphatic rings. The third kappa shape index (κ3) is 4.95. The van der Waals surface area contributed by atoms with Gasteiger partial charge >= 0.3 is 0 Å². The molecule has 2 aromatic rings. The van der Waals surface area contributed by atoms with Crippen molar-refractivity contribution in [3.63, 3.8) is 0 Å². The summed E-state index contributed by atoms with van der Waals surface area (Å²) in [6, 6.07) is 6.20. The van der Waals surface area contributed by atoms with Crippen molar-refractivity contribution < 1.29 is 14.0 Å². The Hall–Kier alpha value is -2.28. The SMILES string of the molecule is Cc1nc(-c2ccc(F)cc2)sc1C(=O)NC1CCCC(C(=O)NC(C)C)C1. The molecule has 1 fully saturated rings. The quantitative estimate of drug-likeness (QED) is 0.791. The van der Waals surface area contributed by atoms with Crippen molar-refractivity contribution in [2.24, 2.45) is 5.92 Å². The summed E-state index contributed by atoms with van der Waals surface area (Å²) in [5.74, 6) is -0.443.